The van der Waals surface area contributed by atoms with Gasteiger partial charge in [-0.25, -0.2) is 4.98 Å². The van der Waals surface area contributed by atoms with E-state index in [0.717, 1.165) is 61.0 Å². The van der Waals surface area contributed by atoms with Crippen molar-refractivity contribution in [2.24, 2.45) is 0 Å². The first-order valence-corrected chi connectivity index (χ1v) is 17.1. The summed E-state index contributed by atoms with van der Waals surface area (Å²) in [7, 11) is 0. The van der Waals surface area contributed by atoms with Crippen molar-refractivity contribution in [3.8, 4) is 33.7 Å². The second-order valence-corrected chi connectivity index (χ2v) is 12.8. The van der Waals surface area contributed by atoms with Crippen LogP contribution in [0.5, 0.6) is 0 Å². The van der Waals surface area contributed by atoms with Crippen molar-refractivity contribution in [2.75, 3.05) is 4.90 Å². The van der Waals surface area contributed by atoms with Gasteiger partial charge in [-0.1, -0.05) is 127 Å². The second kappa shape index (κ2) is 11.9. The van der Waals surface area contributed by atoms with Gasteiger partial charge in [0, 0.05) is 28.4 Å². The maximum absolute atomic E-state index is 6.53. The van der Waals surface area contributed by atoms with E-state index in [1.54, 1.807) is 0 Å². The number of furan rings is 1. The number of hydrogen-bond donors (Lipinski definition) is 0. The molecule has 0 amide bonds. The maximum Gasteiger partial charge on any atom is 0.227 e. The molecule has 0 aliphatic heterocycles. The Morgan fingerprint density at radius 2 is 0.961 bits per heavy atom. The minimum absolute atomic E-state index is 0.565. The summed E-state index contributed by atoms with van der Waals surface area (Å²) in [6.45, 7) is 0. The van der Waals surface area contributed by atoms with E-state index in [9.17, 15) is 0 Å². The van der Waals surface area contributed by atoms with Crippen molar-refractivity contribution in [3.05, 3.63) is 182 Å². The Labute approximate surface area is 294 Å². The van der Waals surface area contributed by atoms with Gasteiger partial charge in [0.1, 0.15) is 16.7 Å². The van der Waals surface area contributed by atoms with Crippen molar-refractivity contribution in [2.45, 2.75) is 0 Å². The molecule has 240 valence electrons. The molecule has 0 N–H and O–H groups in total. The van der Waals surface area contributed by atoms with Gasteiger partial charge in [-0.2, -0.15) is 0 Å². The molecule has 4 heteroatoms. The minimum atomic E-state index is 0.565. The lowest BCUT2D eigenvalue weighted by molar-refractivity contribution is 0.617. The van der Waals surface area contributed by atoms with Gasteiger partial charge in [0.15, 0.2) is 5.58 Å². The number of rotatable bonds is 6. The van der Waals surface area contributed by atoms with Crippen LogP contribution in [0.3, 0.4) is 0 Å². The Hall–Kier alpha value is -6.91. The first-order valence-electron chi connectivity index (χ1n) is 17.1. The summed E-state index contributed by atoms with van der Waals surface area (Å²) in [5.74, 6) is 0.565. The average Bonchev–Trinajstić information content (AvgIpc) is 3.80. The zero-order valence-corrected chi connectivity index (χ0v) is 27.5. The van der Waals surface area contributed by atoms with Gasteiger partial charge in [0.25, 0.3) is 0 Å². The maximum atomic E-state index is 6.53. The Morgan fingerprint density at radius 3 is 1.71 bits per heavy atom. The zero-order chi connectivity index (χ0) is 33.7. The Bertz CT molecular complexity index is 2840. The van der Waals surface area contributed by atoms with Gasteiger partial charge in [0.2, 0.25) is 5.89 Å². The Morgan fingerprint density at radius 1 is 0.392 bits per heavy atom. The summed E-state index contributed by atoms with van der Waals surface area (Å²) in [6, 6.07) is 63.4. The molecule has 0 radical (unpaired) electrons. The van der Waals surface area contributed by atoms with Crippen LogP contribution in [0.15, 0.2) is 191 Å². The number of fused-ring (bicyclic) bond motifs is 5. The summed E-state index contributed by atoms with van der Waals surface area (Å²) in [4.78, 5) is 7.52. The lowest BCUT2D eigenvalue weighted by atomic mass is 10.00. The summed E-state index contributed by atoms with van der Waals surface area (Å²) in [6.07, 6.45) is 0. The summed E-state index contributed by atoms with van der Waals surface area (Å²) >= 11 is 0. The van der Waals surface area contributed by atoms with Crippen LogP contribution in [0.25, 0.3) is 77.5 Å². The molecule has 0 aliphatic rings. The van der Waals surface area contributed by atoms with Gasteiger partial charge in [0.05, 0.1) is 11.1 Å². The lowest BCUT2D eigenvalue weighted by Gasteiger charge is -2.27. The largest absolute Gasteiger partial charge is 0.456 e. The minimum Gasteiger partial charge on any atom is -0.456 e. The van der Waals surface area contributed by atoms with Crippen LogP contribution in [-0.2, 0) is 0 Å². The molecule has 0 fully saturated rings. The number of para-hydroxylation sites is 1. The van der Waals surface area contributed by atoms with Crippen molar-refractivity contribution in [1.82, 2.24) is 4.98 Å². The third-order valence-electron chi connectivity index (χ3n) is 9.67. The highest BCUT2D eigenvalue weighted by Gasteiger charge is 2.26. The molecule has 0 unspecified atom stereocenters. The van der Waals surface area contributed by atoms with Crippen molar-refractivity contribution in [3.63, 3.8) is 0 Å². The van der Waals surface area contributed by atoms with Crippen LogP contribution in [0.4, 0.5) is 17.1 Å². The molecular formula is C47H30N2O2. The predicted octanol–water partition coefficient (Wildman–Crippen LogP) is 13.4. The molecule has 0 atom stereocenters. The summed E-state index contributed by atoms with van der Waals surface area (Å²) < 4.78 is 13.1. The Balaban J connectivity index is 1.24. The van der Waals surface area contributed by atoms with E-state index >= 15 is 0 Å². The molecule has 8 aromatic carbocycles. The highest BCUT2D eigenvalue weighted by molar-refractivity contribution is 6.20. The smallest absolute Gasteiger partial charge is 0.227 e. The lowest BCUT2D eigenvalue weighted by Crippen LogP contribution is -2.11. The van der Waals surface area contributed by atoms with Crippen LogP contribution >= 0.6 is 0 Å². The fraction of sp³-hybridized carbons (Fsp3) is 0. The number of nitrogens with zero attached hydrogens (tertiary/aromatic N) is 2. The van der Waals surface area contributed by atoms with E-state index < -0.39 is 0 Å². The van der Waals surface area contributed by atoms with E-state index in [1.807, 2.05) is 54.6 Å². The Kier molecular flexibility index (Phi) is 6.78. The fourth-order valence-corrected chi connectivity index (χ4v) is 7.19. The molecule has 0 spiro atoms. The number of oxazole rings is 1. The van der Waals surface area contributed by atoms with Crippen LogP contribution in [0.1, 0.15) is 0 Å². The second-order valence-electron chi connectivity index (χ2n) is 12.8. The fourth-order valence-electron chi connectivity index (χ4n) is 7.19. The SMILES string of the molecule is c1ccc(-c2ccc(N(c3ccc4cc(-c5ccccc5)ccc4c3)c3c4nc(-c5ccccc5)oc4cc4oc5ccccc5c34)cc2)cc1. The number of hydrogen-bond acceptors (Lipinski definition) is 4. The standard InChI is InChI=1S/C47H30N2O2/c1-4-12-31(13-5-1)33-22-25-38(26-23-33)49(39-27-24-36-28-35(20-21-37(36)29-39)32-14-6-2-7-15-32)46-44-40-18-10-11-19-41(40)50-42(44)30-43-45(46)48-47(51-43)34-16-8-3-9-17-34/h1-30H. The van der Waals surface area contributed by atoms with E-state index in [0.29, 0.717) is 11.5 Å². The molecule has 0 aliphatic carbocycles. The molecule has 0 saturated heterocycles. The molecule has 2 heterocycles. The van der Waals surface area contributed by atoms with E-state index in [1.165, 1.54) is 22.1 Å². The van der Waals surface area contributed by atoms with Crippen LogP contribution in [0.2, 0.25) is 0 Å². The highest BCUT2D eigenvalue weighted by atomic mass is 16.4. The van der Waals surface area contributed by atoms with Gasteiger partial charge in [-0.05, 0) is 81.6 Å². The van der Waals surface area contributed by atoms with Gasteiger partial charge in [-0.15, -0.1) is 0 Å². The molecule has 2 aromatic heterocycles. The van der Waals surface area contributed by atoms with Crippen LogP contribution in [-0.4, -0.2) is 4.98 Å². The first-order chi connectivity index (χ1) is 25.3. The summed E-state index contributed by atoms with van der Waals surface area (Å²) in [5, 5.41) is 4.32. The molecule has 0 bridgehead atoms. The topological polar surface area (TPSA) is 42.4 Å². The zero-order valence-electron chi connectivity index (χ0n) is 27.5. The number of benzene rings is 8. The third kappa shape index (κ3) is 5.04. The molecule has 51 heavy (non-hydrogen) atoms. The number of aromatic nitrogens is 1. The van der Waals surface area contributed by atoms with E-state index in [-0.39, 0.29) is 0 Å². The normalized spacial score (nSPS) is 11.5. The number of anilines is 3. The van der Waals surface area contributed by atoms with Gasteiger partial charge < -0.3 is 13.7 Å². The van der Waals surface area contributed by atoms with Crippen molar-refractivity contribution >= 4 is 60.9 Å². The first kappa shape index (κ1) is 29.0. The molecule has 0 saturated carbocycles. The molecule has 4 nitrogen and oxygen atoms in total. The molecule has 10 aromatic rings. The summed E-state index contributed by atoms with van der Waals surface area (Å²) in [5.41, 5.74) is 11.5. The van der Waals surface area contributed by atoms with E-state index in [4.69, 9.17) is 13.8 Å². The molecule has 10 rings (SSSR count). The van der Waals surface area contributed by atoms with Crippen molar-refractivity contribution in [1.29, 1.82) is 0 Å². The average molecular weight is 655 g/mol. The predicted molar refractivity (Wildman–Crippen MR) is 210 cm³/mol. The highest BCUT2D eigenvalue weighted by Crippen LogP contribution is 2.48. The van der Waals surface area contributed by atoms with Crippen LogP contribution < -0.4 is 4.90 Å². The quantitative estimate of drug-likeness (QED) is 0.179. The van der Waals surface area contributed by atoms with E-state index in [2.05, 4.69) is 132 Å². The van der Waals surface area contributed by atoms with Gasteiger partial charge in [-0.3, -0.25) is 0 Å². The van der Waals surface area contributed by atoms with Gasteiger partial charge >= 0.3 is 0 Å². The molecular weight excluding hydrogens is 625 g/mol. The monoisotopic (exact) mass is 654 g/mol. The third-order valence-corrected chi connectivity index (χ3v) is 9.67. The van der Waals surface area contributed by atoms with Crippen LogP contribution in [0, 0.1) is 0 Å². The van der Waals surface area contributed by atoms with Crippen molar-refractivity contribution < 1.29 is 8.83 Å².